The van der Waals surface area contributed by atoms with Gasteiger partial charge in [0.05, 0.1) is 15.5 Å². The van der Waals surface area contributed by atoms with E-state index in [1.54, 1.807) is 6.07 Å². The van der Waals surface area contributed by atoms with Crippen molar-refractivity contribution in [2.45, 2.75) is 24.6 Å². The highest BCUT2D eigenvalue weighted by Gasteiger charge is 2.18. The number of H-pyrrole nitrogens is 1. The number of hydrogen-bond acceptors (Lipinski definition) is 2. The van der Waals surface area contributed by atoms with E-state index in [9.17, 15) is 4.39 Å². The van der Waals surface area contributed by atoms with Gasteiger partial charge >= 0.3 is 0 Å². The molecule has 0 amide bonds. The number of hydrogen-bond donors (Lipinski definition) is 1. The van der Waals surface area contributed by atoms with E-state index >= 15 is 0 Å². The molecule has 1 N–H and O–H groups in total. The summed E-state index contributed by atoms with van der Waals surface area (Å²) in [5, 5.41) is 0.625. The van der Waals surface area contributed by atoms with Crippen molar-refractivity contribution in [3.63, 3.8) is 0 Å². The van der Waals surface area contributed by atoms with Crippen LogP contribution >= 0.6 is 39.9 Å². The Morgan fingerprint density at radius 1 is 1.56 bits per heavy atom. The van der Waals surface area contributed by atoms with Gasteiger partial charge in [0.2, 0.25) is 0 Å². The summed E-state index contributed by atoms with van der Waals surface area (Å²) in [6, 6.07) is 3.30. The summed E-state index contributed by atoms with van der Waals surface area (Å²) in [5.41, 5.74) is 1.74. The van der Waals surface area contributed by atoms with Crippen LogP contribution in [0.1, 0.15) is 12.8 Å². The zero-order valence-electron chi connectivity index (χ0n) is 9.58. The number of halogens is 2. The number of rotatable bonds is 2. The summed E-state index contributed by atoms with van der Waals surface area (Å²) in [4.78, 5) is 3.08. The zero-order valence-corrected chi connectivity index (χ0v) is 12.8. The fourth-order valence-electron chi connectivity index (χ4n) is 2.33. The number of nitrogens with zero attached hydrogens (tertiary/aromatic N) is 1. The van der Waals surface area contributed by atoms with Crippen molar-refractivity contribution in [3.05, 3.63) is 27.2 Å². The lowest BCUT2D eigenvalue weighted by Gasteiger charge is -2.10. The smallest absolute Gasteiger partial charge is 0.178 e. The maximum atomic E-state index is 13.5. The van der Waals surface area contributed by atoms with Crippen LogP contribution in [-0.2, 0) is 6.54 Å². The average Bonchev–Trinajstić information content (AvgIpc) is 2.92. The Morgan fingerprint density at radius 3 is 3.11 bits per heavy atom. The fourth-order valence-corrected chi connectivity index (χ4v) is 4.19. The van der Waals surface area contributed by atoms with Gasteiger partial charge in [0.25, 0.3) is 0 Å². The summed E-state index contributed by atoms with van der Waals surface area (Å²) < 4.78 is 16.7. The molecule has 2 heterocycles. The van der Waals surface area contributed by atoms with E-state index in [4.69, 9.17) is 12.2 Å². The summed E-state index contributed by atoms with van der Waals surface area (Å²) in [7, 11) is 0. The van der Waals surface area contributed by atoms with Crippen LogP contribution in [-0.4, -0.2) is 20.6 Å². The second-order valence-corrected chi connectivity index (χ2v) is 7.11. The number of imidazole rings is 1. The second kappa shape index (κ2) is 4.98. The van der Waals surface area contributed by atoms with Crippen molar-refractivity contribution < 1.29 is 4.39 Å². The highest BCUT2D eigenvalue weighted by atomic mass is 79.9. The van der Waals surface area contributed by atoms with Crippen LogP contribution in [0, 0.1) is 10.6 Å². The lowest BCUT2D eigenvalue weighted by atomic mass is 10.2. The predicted molar refractivity (Wildman–Crippen MR) is 80.3 cm³/mol. The molecule has 1 aliphatic rings. The molecule has 1 aliphatic heterocycles. The van der Waals surface area contributed by atoms with Crippen molar-refractivity contribution >= 4 is 50.9 Å². The first-order valence-corrected chi connectivity index (χ1v) is 8.09. The largest absolute Gasteiger partial charge is 0.330 e. The minimum atomic E-state index is -0.263. The standard InChI is InChI=1S/C12H12BrFN2S2/c13-8-4-11-10(5-9(8)14)15-12(17)16(11)6-7-2-1-3-18-7/h4-5,7H,1-3,6H2,(H,15,17). The van der Waals surface area contributed by atoms with E-state index in [1.807, 2.05) is 11.8 Å². The number of aromatic nitrogens is 2. The predicted octanol–water partition coefficient (Wildman–Crippen LogP) is 4.50. The minimum Gasteiger partial charge on any atom is -0.330 e. The van der Waals surface area contributed by atoms with Crippen LogP contribution in [0.5, 0.6) is 0 Å². The van der Waals surface area contributed by atoms with E-state index < -0.39 is 0 Å². The van der Waals surface area contributed by atoms with Crippen molar-refractivity contribution in [1.29, 1.82) is 0 Å². The number of nitrogens with one attached hydrogen (secondary N) is 1. The molecule has 2 aromatic rings. The average molecular weight is 347 g/mol. The summed E-state index contributed by atoms with van der Waals surface area (Å²) in [5.74, 6) is 0.972. The van der Waals surface area contributed by atoms with E-state index in [-0.39, 0.29) is 5.82 Å². The maximum Gasteiger partial charge on any atom is 0.178 e. The Balaban J connectivity index is 2.07. The number of benzene rings is 1. The molecule has 3 rings (SSSR count). The van der Waals surface area contributed by atoms with Crippen molar-refractivity contribution in [3.8, 4) is 0 Å². The molecule has 0 radical (unpaired) electrons. The lowest BCUT2D eigenvalue weighted by molar-refractivity contribution is 0.622. The van der Waals surface area contributed by atoms with Crippen LogP contribution in [0.25, 0.3) is 11.0 Å². The van der Waals surface area contributed by atoms with Crippen molar-refractivity contribution in [1.82, 2.24) is 9.55 Å². The number of aromatic amines is 1. The quantitative estimate of drug-likeness (QED) is 0.808. The molecule has 96 valence electrons. The van der Waals surface area contributed by atoms with Gasteiger partial charge < -0.3 is 9.55 Å². The first kappa shape index (κ1) is 12.7. The third-order valence-electron chi connectivity index (χ3n) is 3.23. The van der Waals surface area contributed by atoms with Crippen LogP contribution < -0.4 is 0 Å². The molecule has 1 aromatic carbocycles. The van der Waals surface area contributed by atoms with Crippen LogP contribution in [0.4, 0.5) is 4.39 Å². The van der Waals surface area contributed by atoms with Gasteiger partial charge in [-0.1, -0.05) is 0 Å². The van der Waals surface area contributed by atoms with Gasteiger partial charge in [-0.15, -0.1) is 0 Å². The molecule has 0 bridgehead atoms. The summed E-state index contributed by atoms with van der Waals surface area (Å²) >= 11 is 10.6. The second-order valence-electron chi connectivity index (χ2n) is 4.46. The molecule has 18 heavy (non-hydrogen) atoms. The molecule has 1 fully saturated rings. The van der Waals surface area contributed by atoms with Gasteiger partial charge in [-0.25, -0.2) is 4.39 Å². The molecule has 1 unspecified atom stereocenters. The van der Waals surface area contributed by atoms with Gasteiger partial charge in [0.1, 0.15) is 5.82 Å². The maximum absolute atomic E-state index is 13.5. The molecule has 6 heteroatoms. The molecule has 2 nitrogen and oxygen atoms in total. The monoisotopic (exact) mass is 346 g/mol. The molecular formula is C12H12BrFN2S2. The van der Waals surface area contributed by atoms with Crippen LogP contribution in [0.2, 0.25) is 0 Å². The van der Waals surface area contributed by atoms with E-state index in [2.05, 4.69) is 25.5 Å². The fraction of sp³-hybridized carbons (Fsp3) is 0.417. The Bertz CT molecular complexity index is 643. The highest BCUT2D eigenvalue weighted by Crippen LogP contribution is 2.30. The first-order chi connectivity index (χ1) is 8.65. The SMILES string of the molecule is Fc1cc2[nH]c(=S)n(CC3CCCS3)c2cc1Br. The van der Waals surface area contributed by atoms with Gasteiger partial charge in [-0.05, 0) is 52.8 Å². The Hall–Kier alpha value is -0.330. The lowest BCUT2D eigenvalue weighted by Crippen LogP contribution is -2.09. The third kappa shape index (κ3) is 2.26. The molecule has 1 aromatic heterocycles. The molecule has 0 aliphatic carbocycles. The molecule has 1 saturated heterocycles. The molecule has 1 atom stereocenters. The van der Waals surface area contributed by atoms with E-state index in [1.165, 1.54) is 24.7 Å². The van der Waals surface area contributed by atoms with Gasteiger partial charge in [-0.2, -0.15) is 11.8 Å². The Morgan fingerprint density at radius 2 is 2.39 bits per heavy atom. The highest BCUT2D eigenvalue weighted by molar-refractivity contribution is 9.10. The van der Waals surface area contributed by atoms with E-state index in [0.29, 0.717) is 14.5 Å². The van der Waals surface area contributed by atoms with Crippen molar-refractivity contribution in [2.24, 2.45) is 0 Å². The first-order valence-electron chi connectivity index (χ1n) is 5.84. The number of fused-ring (bicyclic) bond motifs is 1. The van der Waals surface area contributed by atoms with Gasteiger partial charge in [0.15, 0.2) is 4.77 Å². The molecule has 0 spiro atoms. The molecular weight excluding hydrogens is 335 g/mol. The van der Waals surface area contributed by atoms with Crippen LogP contribution in [0.3, 0.4) is 0 Å². The topological polar surface area (TPSA) is 20.7 Å². The number of thioether (sulfide) groups is 1. The normalized spacial score (nSPS) is 19.8. The third-order valence-corrected chi connectivity index (χ3v) is 5.54. The zero-order chi connectivity index (χ0) is 12.7. The summed E-state index contributed by atoms with van der Waals surface area (Å²) in [6.07, 6.45) is 2.52. The van der Waals surface area contributed by atoms with E-state index in [0.717, 1.165) is 17.6 Å². The Kier molecular flexibility index (Phi) is 3.51. The van der Waals surface area contributed by atoms with Crippen molar-refractivity contribution in [2.75, 3.05) is 5.75 Å². The van der Waals surface area contributed by atoms with Gasteiger partial charge in [0, 0.05) is 17.9 Å². The minimum absolute atomic E-state index is 0.263. The Labute approximate surface area is 122 Å². The van der Waals surface area contributed by atoms with Crippen LogP contribution in [0.15, 0.2) is 16.6 Å². The van der Waals surface area contributed by atoms with Gasteiger partial charge in [-0.3, -0.25) is 0 Å². The summed E-state index contributed by atoms with van der Waals surface area (Å²) in [6.45, 7) is 0.904. The molecule has 0 saturated carbocycles.